The zero-order valence-electron chi connectivity index (χ0n) is 10.5. The number of anilines is 1. The summed E-state index contributed by atoms with van der Waals surface area (Å²) in [4.78, 5) is 1.72. The molecular formula is C12H12BrN3OS3. The third kappa shape index (κ3) is 4.16. The van der Waals surface area contributed by atoms with Crippen LogP contribution < -0.4 is 11.2 Å². The molecule has 0 fully saturated rings. The van der Waals surface area contributed by atoms with Gasteiger partial charge in [-0.25, -0.2) is 0 Å². The van der Waals surface area contributed by atoms with Gasteiger partial charge in [0.05, 0.1) is 26.8 Å². The van der Waals surface area contributed by atoms with Gasteiger partial charge in [-0.2, -0.15) is 4.28 Å². The summed E-state index contributed by atoms with van der Waals surface area (Å²) in [7, 11) is 0. The molecular weight excluding hydrogens is 378 g/mol. The van der Waals surface area contributed by atoms with Crippen LogP contribution in [0.1, 0.15) is 4.88 Å². The fraction of sp³-hybridized carbons (Fsp3) is 0.0833. The Morgan fingerprint density at radius 2 is 2.25 bits per heavy atom. The van der Waals surface area contributed by atoms with E-state index in [4.69, 9.17) is 15.4 Å². The molecule has 4 nitrogen and oxygen atoms in total. The highest BCUT2D eigenvalue weighted by molar-refractivity contribution is 9.10. The summed E-state index contributed by atoms with van der Waals surface area (Å²) < 4.78 is 7.46. The molecule has 0 saturated carbocycles. The van der Waals surface area contributed by atoms with E-state index in [0.29, 0.717) is 0 Å². The molecule has 1 aromatic heterocycles. The number of thioether (sulfide) groups is 1. The van der Waals surface area contributed by atoms with Crippen LogP contribution in [0.25, 0.3) is 0 Å². The number of amidine groups is 1. The smallest absolute Gasteiger partial charge is 0.133 e. The Balaban J connectivity index is 1.98. The third-order valence-electron chi connectivity index (χ3n) is 2.23. The molecule has 1 heterocycles. The van der Waals surface area contributed by atoms with Crippen molar-refractivity contribution >= 4 is 62.6 Å². The van der Waals surface area contributed by atoms with Crippen LogP contribution in [0, 0.1) is 5.41 Å². The third-order valence-corrected chi connectivity index (χ3v) is 5.64. The molecule has 0 saturated heterocycles. The molecule has 0 aliphatic carbocycles. The minimum absolute atomic E-state index is 0.0676. The lowest BCUT2D eigenvalue weighted by atomic mass is 10.4. The molecule has 0 aliphatic heterocycles. The maximum absolute atomic E-state index is 7.46. The van der Waals surface area contributed by atoms with E-state index in [-0.39, 0.29) is 5.84 Å². The second kappa shape index (κ2) is 7.37. The quantitative estimate of drug-likeness (QED) is 0.222. The minimum Gasteiger partial charge on any atom is -0.383 e. The minimum atomic E-state index is 0.0676. The van der Waals surface area contributed by atoms with Gasteiger partial charge >= 0.3 is 0 Å². The topological polar surface area (TPSA) is 71.1 Å². The molecule has 0 radical (unpaired) electrons. The highest BCUT2D eigenvalue weighted by Crippen LogP contribution is 2.35. The normalized spacial score (nSPS) is 10.5. The Hall–Kier alpha value is -0.670. The van der Waals surface area contributed by atoms with Gasteiger partial charge in [0.15, 0.2) is 0 Å². The molecule has 2 rings (SSSR count). The molecule has 20 heavy (non-hydrogen) atoms. The first-order chi connectivity index (χ1) is 9.60. The maximum atomic E-state index is 7.46. The number of nitrogens with one attached hydrogen (secondary N) is 2. The van der Waals surface area contributed by atoms with Crippen LogP contribution in [0.5, 0.6) is 0 Å². The SMILES string of the molecule is CSc1sc(C(=N)N)cc1NOSc1cccc(Br)c1. The number of nitrogen functional groups attached to an aromatic ring is 1. The molecule has 8 heteroatoms. The fourth-order valence-electron chi connectivity index (χ4n) is 1.36. The van der Waals surface area contributed by atoms with Gasteiger partial charge in [0.25, 0.3) is 0 Å². The number of hydrogen-bond acceptors (Lipinski definition) is 6. The van der Waals surface area contributed by atoms with Gasteiger partial charge in [0, 0.05) is 9.37 Å². The van der Waals surface area contributed by atoms with Gasteiger partial charge in [-0.3, -0.25) is 10.9 Å². The predicted molar refractivity (Wildman–Crippen MR) is 91.8 cm³/mol. The van der Waals surface area contributed by atoms with Crippen molar-refractivity contribution in [2.24, 2.45) is 5.73 Å². The summed E-state index contributed by atoms with van der Waals surface area (Å²) in [6, 6.07) is 9.65. The van der Waals surface area contributed by atoms with Crippen molar-refractivity contribution in [2.75, 3.05) is 11.7 Å². The molecule has 0 unspecified atom stereocenters. The van der Waals surface area contributed by atoms with Crippen LogP contribution in [0.15, 0.2) is 43.9 Å². The Labute approximate surface area is 138 Å². The van der Waals surface area contributed by atoms with Crippen molar-refractivity contribution in [3.63, 3.8) is 0 Å². The summed E-state index contributed by atoms with van der Waals surface area (Å²) in [5.74, 6) is 0.0676. The highest BCUT2D eigenvalue weighted by atomic mass is 79.9. The highest BCUT2D eigenvalue weighted by Gasteiger charge is 2.10. The molecule has 106 valence electrons. The van der Waals surface area contributed by atoms with Gasteiger partial charge in [-0.15, -0.1) is 23.1 Å². The molecule has 4 N–H and O–H groups in total. The van der Waals surface area contributed by atoms with Gasteiger partial charge in [-0.05, 0) is 30.5 Å². The standard InChI is InChI=1S/C12H12BrN3OS3/c1-18-12-9(6-10(19-12)11(14)15)16-17-20-8-4-2-3-7(13)5-8/h2-6,16H,1H3,(H3,14,15). The van der Waals surface area contributed by atoms with E-state index in [1.54, 1.807) is 11.8 Å². The molecule has 0 spiro atoms. The number of nitrogens with two attached hydrogens (primary N) is 1. The first-order valence-corrected chi connectivity index (χ1v) is 9.05. The Morgan fingerprint density at radius 1 is 1.45 bits per heavy atom. The number of halogens is 1. The Kier molecular flexibility index (Phi) is 5.79. The van der Waals surface area contributed by atoms with Crippen molar-refractivity contribution in [1.29, 1.82) is 5.41 Å². The lowest BCUT2D eigenvalue weighted by Gasteiger charge is -2.05. The number of rotatable bonds is 6. The van der Waals surface area contributed by atoms with E-state index in [1.807, 2.05) is 36.6 Å². The summed E-state index contributed by atoms with van der Waals surface area (Å²) in [6.45, 7) is 0. The second-order valence-corrected chi connectivity index (χ2v) is 7.50. The van der Waals surface area contributed by atoms with Crippen molar-refractivity contribution < 1.29 is 4.28 Å². The van der Waals surface area contributed by atoms with Crippen molar-refractivity contribution in [3.05, 3.63) is 39.7 Å². The Bertz CT molecular complexity index is 618. The first-order valence-electron chi connectivity index (χ1n) is 5.47. The molecule has 0 atom stereocenters. The van der Waals surface area contributed by atoms with Crippen LogP contribution in [-0.2, 0) is 4.28 Å². The fourth-order valence-corrected chi connectivity index (χ4v) is 4.07. The number of thiophene rings is 1. The van der Waals surface area contributed by atoms with Crippen molar-refractivity contribution in [2.45, 2.75) is 9.10 Å². The zero-order valence-corrected chi connectivity index (χ0v) is 14.5. The van der Waals surface area contributed by atoms with E-state index < -0.39 is 0 Å². The van der Waals surface area contributed by atoms with Gasteiger partial charge < -0.3 is 5.73 Å². The first kappa shape index (κ1) is 15.7. The van der Waals surface area contributed by atoms with Gasteiger partial charge in [0.2, 0.25) is 0 Å². The van der Waals surface area contributed by atoms with Crippen LogP contribution >= 0.6 is 51.1 Å². The average Bonchev–Trinajstić information content (AvgIpc) is 2.82. The summed E-state index contributed by atoms with van der Waals surface area (Å²) in [5, 5.41) is 7.46. The molecule has 2 aromatic rings. The number of benzene rings is 1. The van der Waals surface area contributed by atoms with E-state index in [9.17, 15) is 0 Å². The lowest BCUT2D eigenvalue weighted by molar-refractivity contribution is 0.476. The van der Waals surface area contributed by atoms with Gasteiger partial charge in [-0.1, -0.05) is 22.0 Å². The second-order valence-electron chi connectivity index (χ2n) is 3.66. The van der Waals surface area contributed by atoms with E-state index >= 15 is 0 Å². The molecule has 0 bridgehead atoms. The summed E-state index contributed by atoms with van der Waals surface area (Å²) in [6.07, 6.45) is 1.97. The monoisotopic (exact) mass is 389 g/mol. The van der Waals surface area contributed by atoms with E-state index in [2.05, 4.69) is 21.4 Å². The molecule has 0 aliphatic rings. The van der Waals surface area contributed by atoms with E-state index in [0.717, 1.165) is 24.1 Å². The molecule has 0 amide bonds. The van der Waals surface area contributed by atoms with Crippen molar-refractivity contribution in [1.82, 2.24) is 0 Å². The zero-order chi connectivity index (χ0) is 14.5. The van der Waals surface area contributed by atoms with Crippen LogP contribution in [0.2, 0.25) is 0 Å². The summed E-state index contributed by atoms with van der Waals surface area (Å²) >= 11 is 7.71. The average molecular weight is 390 g/mol. The lowest BCUT2D eigenvalue weighted by Crippen LogP contribution is -2.08. The van der Waals surface area contributed by atoms with Crippen LogP contribution in [-0.4, -0.2) is 12.1 Å². The van der Waals surface area contributed by atoms with Crippen molar-refractivity contribution in [3.8, 4) is 0 Å². The molecule has 1 aromatic carbocycles. The van der Waals surface area contributed by atoms with Gasteiger partial charge in [0.1, 0.15) is 5.84 Å². The Morgan fingerprint density at radius 3 is 2.90 bits per heavy atom. The maximum Gasteiger partial charge on any atom is 0.133 e. The predicted octanol–water partition coefficient (Wildman–Crippen LogP) is 4.57. The van der Waals surface area contributed by atoms with Crippen LogP contribution in [0.3, 0.4) is 0 Å². The van der Waals surface area contributed by atoms with Crippen LogP contribution in [0.4, 0.5) is 5.69 Å². The summed E-state index contributed by atoms with van der Waals surface area (Å²) in [5.41, 5.74) is 9.21. The largest absolute Gasteiger partial charge is 0.383 e. The number of hydrogen-bond donors (Lipinski definition) is 3. The van der Waals surface area contributed by atoms with E-state index in [1.165, 1.54) is 23.4 Å².